The minimum Gasteiger partial charge on any atom is -0.324 e. The molecule has 0 aliphatic heterocycles. The van der Waals surface area contributed by atoms with Gasteiger partial charge < -0.3 is 9.72 Å². The number of carbonyl (C=O) groups excluding carboxylic acids is 1. The van der Waals surface area contributed by atoms with Crippen LogP contribution in [0.15, 0.2) is 66.9 Å². The zero-order valence-corrected chi connectivity index (χ0v) is 16.0. The van der Waals surface area contributed by atoms with Crippen LogP contribution in [0.3, 0.4) is 0 Å². The standard InChI is InChI=1S/C22H16ClF2N3O/c23-15-5-3-4-14(12-15)22-19(28-11-2-1-6-20(28)27-22)9-10-21(29)26-18-8-7-16(24)13-17(18)25/h1-8,11-13H,9-10H2,(H,26,29). The van der Waals surface area contributed by atoms with Crippen molar-refractivity contribution in [2.45, 2.75) is 12.8 Å². The van der Waals surface area contributed by atoms with E-state index in [9.17, 15) is 13.6 Å². The Kier molecular flexibility index (Phi) is 5.27. The van der Waals surface area contributed by atoms with E-state index < -0.39 is 11.6 Å². The van der Waals surface area contributed by atoms with Crippen molar-refractivity contribution in [1.29, 1.82) is 0 Å². The van der Waals surface area contributed by atoms with Crippen LogP contribution in [0.2, 0.25) is 5.02 Å². The smallest absolute Gasteiger partial charge is 0.224 e. The third-order valence-corrected chi connectivity index (χ3v) is 4.76. The minimum absolute atomic E-state index is 0.0513. The number of amides is 1. The first kappa shape index (κ1) is 19.1. The molecular formula is C22H16ClF2N3O. The van der Waals surface area contributed by atoms with Crippen molar-refractivity contribution in [3.63, 3.8) is 0 Å². The number of imidazole rings is 1. The molecule has 0 aliphatic rings. The topological polar surface area (TPSA) is 46.4 Å². The van der Waals surface area contributed by atoms with Gasteiger partial charge in [-0.3, -0.25) is 4.79 Å². The first-order chi connectivity index (χ1) is 14.0. The quantitative estimate of drug-likeness (QED) is 0.471. The molecule has 4 rings (SSSR count). The van der Waals surface area contributed by atoms with Gasteiger partial charge in [0.1, 0.15) is 17.3 Å². The maximum atomic E-state index is 13.8. The van der Waals surface area contributed by atoms with Crippen molar-refractivity contribution in [3.05, 3.63) is 89.2 Å². The SMILES string of the molecule is O=C(CCc1c(-c2cccc(Cl)c2)nc2ccccn12)Nc1ccc(F)cc1F. The number of nitrogens with one attached hydrogen (secondary N) is 1. The average Bonchev–Trinajstić information content (AvgIpc) is 3.07. The molecule has 0 unspecified atom stereocenters. The van der Waals surface area contributed by atoms with Crippen molar-refractivity contribution in [2.75, 3.05) is 5.32 Å². The Hall–Kier alpha value is -3.25. The molecule has 0 radical (unpaired) electrons. The number of fused-ring (bicyclic) bond motifs is 1. The van der Waals surface area contributed by atoms with Crippen molar-refractivity contribution in [3.8, 4) is 11.3 Å². The highest BCUT2D eigenvalue weighted by atomic mass is 35.5. The van der Waals surface area contributed by atoms with Crippen LogP contribution < -0.4 is 5.32 Å². The number of aryl methyl sites for hydroxylation is 1. The van der Waals surface area contributed by atoms with Crippen molar-refractivity contribution in [1.82, 2.24) is 9.38 Å². The lowest BCUT2D eigenvalue weighted by Crippen LogP contribution is -2.14. The number of aromatic nitrogens is 2. The number of anilines is 1. The molecule has 0 bridgehead atoms. The van der Waals surface area contributed by atoms with E-state index in [4.69, 9.17) is 11.6 Å². The second-order valence-electron chi connectivity index (χ2n) is 6.52. The van der Waals surface area contributed by atoms with Gasteiger partial charge in [-0.05, 0) is 42.8 Å². The lowest BCUT2D eigenvalue weighted by molar-refractivity contribution is -0.116. The van der Waals surface area contributed by atoms with Gasteiger partial charge in [-0.1, -0.05) is 29.8 Å². The molecule has 4 nitrogen and oxygen atoms in total. The highest BCUT2D eigenvalue weighted by Crippen LogP contribution is 2.27. The lowest BCUT2D eigenvalue weighted by Gasteiger charge is -2.08. The normalized spacial score (nSPS) is 11.0. The zero-order valence-electron chi connectivity index (χ0n) is 15.2. The van der Waals surface area contributed by atoms with Gasteiger partial charge in [0.05, 0.1) is 17.1 Å². The molecular weight excluding hydrogens is 396 g/mol. The number of pyridine rings is 1. The number of rotatable bonds is 5. The molecule has 146 valence electrons. The highest BCUT2D eigenvalue weighted by Gasteiger charge is 2.16. The Morgan fingerprint density at radius 1 is 1.07 bits per heavy atom. The summed E-state index contributed by atoms with van der Waals surface area (Å²) in [5, 5.41) is 3.08. The summed E-state index contributed by atoms with van der Waals surface area (Å²) in [6, 6.07) is 16.0. The van der Waals surface area contributed by atoms with Crippen LogP contribution in [0, 0.1) is 11.6 Å². The van der Waals surface area contributed by atoms with Crippen molar-refractivity contribution in [2.24, 2.45) is 0 Å². The van der Waals surface area contributed by atoms with Crippen LogP contribution in [0.25, 0.3) is 16.9 Å². The number of benzene rings is 2. The van der Waals surface area contributed by atoms with Crippen LogP contribution in [-0.4, -0.2) is 15.3 Å². The number of carbonyl (C=O) groups is 1. The summed E-state index contributed by atoms with van der Waals surface area (Å²) < 4.78 is 28.7. The summed E-state index contributed by atoms with van der Waals surface area (Å²) in [4.78, 5) is 17.0. The Morgan fingerprint density at radius 2 is 1.93 bits per heavy atom. The van der Waals surface area contributed by atoms with E-state index in [0.29, 0.717) is 11.4 Å². The maximum Gasteiger partial charge on any atom is 0.224 e. The average molecular weight is 412 g/mol. The molecule has 2 aromatic heterocycles. The highest BCUT2D eigenvalue weighted by molar-refractivity contribution is 6.30. The van der Waals surface area contributed by atoms with E-state index in [2.05, 4.69) is 10.3 Å². The first-order valence-electron chi connectivity index (χ1n) is 8.98. The minimum atomic E-state index is -0.812. The second-order valence-corrected chi connectivity index (χ2v) is 6.96. The first-order valence-corrected chi connectivity index (χ1v) is 9.36. The van der Waals surface area contributed by atoms with E-state index in [1.54, 1.807) is 6.07 Å². The summed E-state index contributed by atoms with van der Waals surface area (Å²) >= 11 is 6.13. The Morgan fingerprint density at radius 3 is 2.72 bits per heavy atom. The molecule has 0 aliphatic carbocycles. The van der Waals surface area contributed by atoms with Gasteiger partial charge in [0.15, 0.2) is 0 Å². The Balaban J connectivity index is 1.60. The van der Waals surface area contributed by atoms with E-state index >= 15 is 0 Å². The predicted molar refractivity (Wildman–Crippen MR) is 109 cm³/mol. The number of hydrogen-bond donors (Lipinski definition) is 1. The molecule has 1 amide bonds. The van der Waals surface area contributed by atoms with E-state index in [1.165, 1.54) is 6.07 Å². The van der Waals surface area contributed by atoms with Gasteiger partial charge in [0.25, 0.3) is 0 Å². The predicted octanol–water partition coefficient (Wildman–Crippen LogP) is 5.50. The third kappa shape index (κ3) is 4.12. The monoisotopic (exact) mass is 411 g/mol. The fourth-order valence-electron chi connectivity index (χ4n) is 3.19. The molecule has 0 spiro atoms. The van der Waals surface area contributed by atoms with Gasteiger partial charge in [-0.25, -0.2) is 13.8 Å². The zero-order chi connectivity index (χ0) is 20.4. The van der Waals surface area contributed by atoms with E-state index in [1.807, 2.05) is 47.0 Å². The summed E-state index contributed by atoms with van der Waals surface area (Å²) in [5.74, 6) is -1.89. The van der Waals surface area contributed by atoms with Crippen LogP contribution in [-0.2, 0) is 11.2 Å². The molecule has 0 fully saturated rings. The summed E-state index contributed by atoms with van der Waals surface area (Å²) in [6.07, 6.45) is 2.36. The van der Waals surface area contributed by atoms with Gasteiger partial charge in [-0.2, -0.15) is 0 Å². The number of hydrogen-bond acceptors (Lipinski definition) is 2. The van der Waals surface area contributed by atoms with Gasteiger partial charge in [0.2, 0.25) is 5.91 Å². The molecule has 1 N–H and O–H groups in total. The molecule has 0 atom stereocenters. The van der Waals surface area contributed by atoms with Gasteiger partial charge in [0, 0.05) is 29.3 Å². The van der Waals surface area contributed by atoms with Crippen LogP contribution >= 0.6 is 11.6 Å². The molecule has 2 heterocycles. The summed E-state index contributed by atoms with van der Waals surface area (Å²) in [6.45, 7) is 0. The molecule has 7 heteroatoms. The largest absolute Gasteiger partial charge is 0.324 e. The molecule has 0 saturated carbocycles. The van der Waals surface area contributed by atoms with Crippen LogP contribution in [0.5, 0.6) is 0 Å². The fraction of sp³-hybridized carbons (Fsp3) is 0.0909. The van der Waals surface area contributed by atoms with Crippen LogP contribution in [0.1, 0.15) is 12.1 Å². The Bertz CT molecular complexity index is 1210. The summed E-state index contributed by atoms with van der Waals surface area (Å²) in [5.41, 5.74) is 3.13. The number of halogens is 3. The summed E-state index contributed by atoms with van der Waals surface area (Å²) in [7, 11) is 0. The molecule has 4 aromatic rings. The van der Waals surface area contributed by atoms with Crippen molar-refractivity contribution < 1.29 is 13.6 Å². The Labute approximate surface area is 170 Å². The van der Waals surface area contributed by atoms with Gasteiger partial charge >= 0.3 is 0 Å². The molecule has 29 heavy (non-hydrogen) atoms. The maximum absolute atomic E-state index is 13.8. The lowest BCUT2D eigenvalue weighted by atomic mass is 10.1. The second kappa shape index (κ2) is 8.01. The fourth-order valence-corrected chi connectivity index (χ4v) is 3.38. The van der Waals surface area contributed by atoms with Crippen molar-refractivity contribution >= 4 is 28.8 Å². The number of nitrogens with zero attached hydrogens (tertiary/aromatic N) is 2. The molecule has 2 aromatic carbocycles. The molecule has 0 saturated heterocycles. The van der Waals surface area contributed by atoms with E-state index in [-0.39, 0.29) is 18.0 Å². The van der Waals surface area contributed by atoms with Gasteiger partial charge in [-0.15, -0.1) is 0 Å². The third-order valence-electron chi connectivity index (χ3n) is 4.52. The van der Waals surface area contributed by atoms with E-state index in [0.717, 1.165) is 34.7 Å². The van der Waals surface area contributed by atoms with Crippen LogP contribution in [0.4, 0.5) is 14.5 Å².